The third-order valence-electron chi connectivity index (χ3n) is 2.71. The van der Waals surface area contributed by atoms with Crippen molar-refractivity contribution < 1.29 is 13.7 Å². The number of hydrogen-bond donors (Lipinski definition) is 2. The van der Waals surface area contributed by atoms with Crippen molar-refractivity contribution >= 4 is 28.1 Å². The molecule has 3 N–H and O–H groups in total. The lowest BCUT2D eigenvalue weighted by Gasteiger charge is -2.16. The molecule has 0 saturated carbocycles. The highest BCUT2D eigenvalue weighted by Crippen LogP contribution is 2.21. The maximum Gasteiger partial charge on any atom is 0.337 e. The van der Waals surface area contributed by atoms with Crippen LogP contribution < -0.4 is 11.1 Å². The van der Waals surface area contributed by atoms with Gasteiger partial charge in [-0.25, -0.2) is 4.79 Å². The molecule has 0 amide bonds. The molecule has 0 aliphatic carbocycles. The van der Waals surface area contributed by atoms with Crippen molar-refractivity contribution in [3.63, 3.8) is 0 Å². The average molecular weight is 284 g/mol. The van der Waals surface area contributed by atoms with E-state index in [9.17, 15) is 9.00 Å². The summed E-state index contributed by atoms with van der Waals surface area (Å²) in [6, 6.07) is 5.16. The molecule has 5 nitrogen and oxygen atoms in total. The first kappa shape index (κ1) is 15.5. The molecule has 0 aliphatic rings. The lowest BCUT2D eigenvalue weighted by molar-refractivity contribution is 0.0601. The third-order valence-corrected chi connectivity index (χ3v) is 3.52. The number of ether oxygens (including phenoxy) is 1. The van der Waals surface area contributed by atoms with E-state index in [4.69, 9.17) is 5.73 Å². The molecule has 0 aromatic heterocycles. The second kappa shape index (κ2) is 7.13. The number of benzene rings is 1. The Bertz CT molecular complexity index is 477. The van der Waals surface area contributed by atoms with Crippen molar-refractivity contribution in [2.45, 2.75) is 19.4 Å². The summed E-state index contributed by atoms with van der Waals surface area (Å²) < 4.78 is 15.7. The van der Waals surface area contributed by atoms with Crippen molar-refractivity contribution in [1.82, 2.24) is 0 Å². The van der Waals surface area contributed by atoms with Crippen LogP contribution in [-0.2, 0) is 15.5 Å². The van der Waals surface area contributed by atoms with Gasteiger partial charge in [0.25, 0.3) is 0 Å². The van der Waals surface area contributed by atoms with Gasteiger partial charge >= 0.3 is 5.97 Å². The van der Waals surface area contributed by atoms with Crippen LogP contribution in [0, 0.1) is 0 Å². The first-order valence-corrected chi connectivity index (χ1v) is 7.71. The molecule has 2 atom stereocenters. The third kappa shape index (κ3) is 4.90. The lowest BCUT2D eigenvalue weighted by atomic mass is 10.1. The number of carbonyl (C=O) groups is 1. The molecule has 0 saturated heterocycles. The number of nitrogens with one attached hydrogen (secondary N) is 1. The predicted molar refractivity (Wildman–Crippen MR) is 78.8 cm³/mol. The quantitative estimate of drug-likeness (QED) is 0.613. The Morgan fingerprint density at radius 1 is 1.53 bits per heavy atom. The number of rotatable bonds is 6. The normalized spacial score (nSPS) is 13.6. The van der Waals surface area contributed by atoms with E-state index < -0.39 is 16.8 Å². The van der Waals surface area contributed by atoms with Crippen molar-refractivity contribution in [2.24, 2.45) is 0 Å². The molecule has 0 heterocycles. The number of hydrogen-bond acceptors (Lipinski definition) is 5. The number of methoxy groups -OCH3 is 1. The van der Waals surface area contributed by atoms with E-state index in [0.29, 0.717) is 17.0 Å². The zero-order valence-electron chi connectivity index (χ0n) is 11.4. The fourth-order valence-corrected chi connectivity index (χ4v) is 2.30. The maximum atomic E-state index is 11.3. The van der Waals surface area contributed by atoms with Crippen molar-refractivity contribution in [3.05, 3.63) is 23.8 Å². The number of nitrogens with two attached hydrogens (primary N) is 1. The summed E-state index contributed by atoms with van der Waals surface area (Å²) in [6.07, 6.45) is 2.48. The van der Waals surface area contributed by atoms with E-state index in [1.807, 2.05) is 6.92 Å². The summed E-state index contributed by atoms with van der Waals surface area (Å²) in [7, 11) is 0.538. The van der Waals surface area contributed by atoms with Crippen LogP contribution in [0.2, 0.25) is 0 Å². The molecule has 19 heavy (non-hydrogen) atoms. The van der Waals surface area contributed by atoms with E-state index in [0.717, 1.165) is 12.1 Å². The smallest absolute Gasteiger partial charge is 0.337 e. The van der Waals surface area contributed by atoms with Gasteiger partial charge in [-0.2, -0.15) is 0 Å². The van der Waals surface area contributed by atoms with Gasteiger partial charge in [0.15, 0.2) is 0 Å². The van der Waals surface area contributed by atoms with Crippen LogP contribution in [-0.4, -0.2) is 35.3 Å². The summed E-state index contributed by atoms with van der Waals surface area (Å²) >= 11 is 0. The number of carbonyl (C=O) groups excluding carboxylic acids is 1. The molecular formula is C13H20N2O3S. The predicted octanol–water partition coefficient (Wildman–Crippen LogP) is 1.62. The molecule has 0 fully saturated rings. The average Bonchev–Trinajstić information content (AvgIpc) is 2.37. The minimum atomic E-state index is -0.793. The molecule has 0 bridgehead atoms. The van der Waals surface area contributed by atoms with Gasteiger partial charge in [0.05, 0.1) is 24.0 Å². The second-order valence-electron chi connectivity index (χ2n) is 4.40. The molecule has 1 rings (SSSR count). The van der Waals surface area contributed by atoms with Gasteiger partial charge in [-0.3, -0.25) is 4.21 Å². The first-order chi connectivity index (χ1) is 8.93. The Labute approximate surface area is 116 Å². The van der Waals surface area contributed by atoms with Crippen LogP contribution in [0.1, 0.15) is 23.7 Å². The van der Waals surface area contributed by atoms with Crippen molar-refractivity contribution in [1.29, 1.82) is 0 Å². The Morgan fingerprint density at radius 3 is 2.74 bits per heavy atom. The van der Waals surface area contributed by atoms with Crippen LogP contribution in [0.5, 0.6) is 0 Å². The summed E-state index contributed by atoms with van der Waals surface area (Å²) in [5.41, 5.74) is 7.57. The van der Waals surface area contributed by atoms with Crippen LogP contribution in [0.4, 0.5) is 11.4 Å². The highest BCUT2D eigenvalue weighted by molar-refractivity contribution is 7.84. The summed E-state index contributed by atoms with van der Waals surface area (Å²) in [5.74, 6) is 0.238. The lowest BCUT2D eigenvalue weighted by Crippen LogP contribution is -2.18. The largest absolute Gasteiger partial charge is 0.465 e. The van der Waals surface area contributed by atoms with Crippen LogP contribution in [0.25, 0.3) is 0 Å². The van der Waals surface area contributed by atoms with E-state index in [1.165, 1.54) is 7.11 Å². The Hall–Kier alpha value is -1.56. The van der Waals surface area contributed by atoms with Crippen molar-refractivity contribution in [2.75, 3.05) is 30.2 Å². The molecule has 6 heteroatoms. The number of anilines is 2. The fourth-order valence-electron chi connectivity index (χ4n) is 1.62. The molecule has 0 radical (unpaired) electrons. The number of nitrogen functional groups attached to an aromatic ring is 1. The number of esters is 1. The monoisotopic (exact) mass is 284 g/mol. The Balaban J connectivity index is 2.69. The summed E-state index contributed by atoms with van der Waals surface area (Å²) in [5, 5.41) is 3.24. The summed E-state index contributed by atoms with van der Waals surface area (Å²) in [4.78, 5) is 11.3. The minimum absolute atomic E-state index is 0.162. The standard InChI is InChI=1S/C13H20N2O3S/c1-9(6-7-19(3)17)15-12-5-4-10(8-11(12)14)13(16)18-2/h4-5,8-9,15H,6-7,14H2,1-3H3. The van der Waals surface area contributed by atoms with E-state index in [1.54, 1.807) is 24.5 Å². The molecule has 0 aliphatic heterocycles. The molecular weight excluding hydrogens is 264 g/mol. The van der Waals surface area contributed by atoms with Gasteiger partial charge in [0.2, 0.25) is 0 Å². The maximum absolute atomic E-state index is 11.3. The SMILES string of the molecule is COC(=O)c1ccc(NC(C)CCS(C)=O)c(N)c1. The molecule has 1 aromatic carbocycles. The van der Waals surface area contributed by atoms with E-state index in [2.05, 4.69) is 10.1 Å². The van der Waals surface area contributed by atoms with Crippen LogP contribution in [0.3, 0.4) is 0 Å². The molecule has 1 aromatic rings. The Morgan fingerprint density at radius 2 is 2.21 bits per heavy atom. The molecule has 0 spiro atoms. The van der Waals surface area contributed by atoms with Gasteiger partial charge in [0, 0.05) is 28.9 Å². The zero-order chi connectivity index (χ0) is 14.4. The van der Waals surface area contributed by atoms with Crippen LogP contribution >= 0.6 is 0 Å². The molecule has 2 unspecified atom stereocenters. The second-order valence-corrected chi connectivity index (χ2v) is 5.96. The fraction of sp³-hybridized carbons (Fsp3) is 0.462. The van der Waals surface area contributed by atoms with Gasteiger partial charge < -0.3 is 15.8 Å². The topological polar surface area (TPSA) is 81.4 Å². The van der Waals surface area contributed by atoms with E-state index in [-0.39, 0.29) is 6.04 Å². The minimum Gasteiger partial charge on any atom is -0.465 e. The Kier molecular flexibility index (Phi) is 5.82. The van der Waals surface area contributed by atoms with Crippen LogP contribution in [0.15, 0.2) is 18.2 Å². The zero-order valence-corrected chi connectivity index (χ0v) is 12.3. The summed E-state index contributed by atoms with van der Waals surface area (Å²) in [6.45, 7) is 2.00. The molecule has 106 valence electrons. The van der Waals surface area contributed by atoms with Gasteiger partial charge in [-0.15, -0.1) is 0 Å². The highest BCUT2D eigenvalue weighted by Gasteiger charge is 2.10. The van der Waals surface area contributed by atoms with Gasteiger partial charge in [-0.1, -0.05) is 0 Å². The highest BCUT2D eigenvalue weighted by atomic mass is 32.2. The van der Waals surface area contributed by atoms with Gasteiger partial charge in [-0.05, 0) is 31.5 Å². The van der Waals surface area contributed by atoms with Gasteiger partial charge in [0.1, 0.15) is 0 Å². The van der Waals surface area contributed by atoms with Crippen molar-refractivity contribution in [3.8, 4) is 0 Å². The van der Waals surface area contributed by atoms with E-state index >= 15 is 0 Å². The first-order valence-electron chi connectivity index (χ1n) is 5.98.